The molecule has 2 aromatic rings. The molecule has 0 saturated carbocycles. The first-order valence-corrected chi connectivity index (χ1v) is 8.24. The van der Waals surface area contributed by atoms with Crippen LogP contribution in [0.25, 0.3) is 0 Å². The molecular formula is C19H22N2O4. The Hall–Kier alpha value is -2.76. The summed E-state index contributed by atoms with van der Waals surface area (Å²) in [6.45, 7) is 4.74. The molecule has 0 bridgehead atoms. The van der Waals surface area contributed by atoms with E-state index in [4.69, 9.17) is 9.47 Å². The third-order valence-corrected chi connectivity index (χ3v) is 4.07. The second-order valence-electron chi connectivity index (χ2n) is 6.75. The van der Waals surface area contributed by atoms with Crippen LogP contribution in [0.5, 0.6) is 11.5 Å². The van der Waals surface area contributed by atoms with Crippen LogP contribution in [0.15, 0.2) is 41.3 Å². The maximum Gasteiger partial charge on any atom is 0.251 e. The number of amides is 1. The second kappa shape index (κ2) is 6.63. The first-order valence-electron chi connectivity index (χ1n) is 8.24. The average Bonchev–Trinajstić information content (AvgIpc) is 2.88. The number of nitrogens with one attached hydrogen (secondary N) is 1. The molecule has 0 radical (unpaired) electrons. The molecule has 0 aliphatic carbocycles. The molecule has 1 aliphatic rings. The van der Waals surface area contributed by atoms with Gasteiger partial charge in [-0.05, 0) is 26.0 Å². The minimum Gasteiger partial charge on any atom is -0.488 e. The third kappa shape index (κ3) is 3.84. The minimum atomic E-state index is -0.294. The number of aromatic nitrogens is 1. The van der Waals surface area contributed by atoms with Crippen LogP contribution in [0.3, 0.4) is 0 Å². The lowest BCUT2D eigenvalue weighted by atomic mass is 10.0. The van der Waals surface area contributed by atoms with Crippen molar-refractivity contribution in [2.75, 3.05) is 13.2 Å². The molecule has 1 N–H and O–H groups in total. The Morgan fingerprint density at radius 1 is 1.36 bits per heavy atom. The van der Waals surface area contributed by atoms with E-state index in [1.807, 2.05) is 32.0 Å². The van der Waals surface area contributed by atoms with Crippen molar-refractivity contribution in [3.05, 3.63) is 58.0 Å². The van der Waals surface area contributed by atoms with Crippen LogP contribution in [0.2, 0.25) is 0 Å². The van der Waals surface area contributed by atoms with Crippen molar-refractivity contribution in [3.8, 4) is 11.5 Å². The van der Waals surface area contributed by atoms with E-state index >= 15 is 0 Å². The van der Waals surface area contributed by atoms with Crippen LogP contribution in [0, 0.1) is 0 Å². The van der Waals surface area contributed by atoms with Crippen LogP contribution in [-0.2, 0) is 13.5 Å². The van der Waals surface area contributed by atoms with Gasteiger partial charge in [-0.15, -0.1) is 0 Å². The van der Waals surface area contributed by atoms with Gasteiger partial charge in [0.25, 0.3) is 11.5 Å². The number of fused-ring (bicyclic) bond motifs is 1. The predicted octanol–water partition coefficient (Wildman–Crippen LogP) is 1.91. The number of ether oxygens (including phenoxy) is 2. The summed E-state index contributed by atoms with van der Waals surface area (Å²) in [6.07, 6.45) is 2.42. The van der Waals surface area contributed by atoms with E-state index in [-0.39, 0.29) is 17.1 Å². The van der Waals surface area contributed by atoms with Crippen molar-refractivity contribution in [1.82, 2.24) is 9.88 Å². The Morgan fingerprint density at radius 2 is 2.16 bits per heavy atom. The van der Waals surface area contributed by atoms with Gasteiger partial charge in [0.1, 0.15) is 12.2 Å². The fourth-order valence-corrected chi connectivity index (χ4v) is 2.82. The Labute approximate surface area is 146 Å². The molecule has 1 aliphatic heterocycles. The topological polar surface area (TPSA) is 69.6 Å². The summed E-state index contributed by atoms with van der Waals surface area (Å²) in [7, 11) is 1.64. The molecule has 1 aromatic heterocycles. The highest BCUT2D eigenvalue weighted by Crippen LogP contribution is 2.41. The number of hydrogen-bond donors (Lipinski definition) is 1. The summed E-state index contributed by atoms with van der Waals surface area (Å²) < 4.78 is 13.1. The Balaban J connectivity index is 1.54. The van der Waals surface area contributed by atoms with E-state index in [0.717, 1.165) is 17.7 Å². The van der Waals surface area contributed by atoms with E-state index in [1.165, 1.54) is 10.6 Å². The zero-order chi connectivity index (χ0) is 18.0. The first kappa shape index (κ1) is 17.1. The van der Waals surface area contributed by atoms with Gasteiger partial charge in [0.05, 0.1) is 6.54 Å². The number of benzene rings is 1. The van der Waals surface area contributed by atoms with Crippen LogP contribution in [-0.4, -0.2) is 29.2 Å². The van der Waals surface area contributed by atoms with Gasteiger partial charge in [0.2, 0.25) is 0 Å². The summed E-state index contributed by atoms with van der Waals surface area (Å²) in [5.41, 5.74) is 1.03. The van der Waals surface area contributed by atoms with Crippen molar-refractivity contribution in [2.24, 2.45) is 7.05 Å². The zero-order valence-corrected chi connectivity index (χ0v) is 14.7. The number of hydrogen-bond acceptors (Lipinski definition) is 4. The largest absolute Gasteiger partial charge is 0.488 e. The van der Waals surface area contributed by atoms with Gasteiger partial charge >= 0.3 is 0 Å². The molecule has 0 unspecified atom stereocenters. The number of pyridine rings is 1. The molecule has 0 atom stereocenters. The number of rotatable bonds is 5. The first-order chi connectivity index (χ1) is 11.9. The second-order valence-corrected chi connectivity index (χ2v) is 6.75. The highest BCUT2D eigenvalue weighted by atomic mass is 16.5. The van der Waals surface area contributed by atoms with Crippen LogP contribution in [0.1, 0.15) is 29.8 Å². The lowest BCUT2D eigenvalue weighted by molar-refractivity contribution is 0.0946. The molecular weight excluding hydrogens is 320 g/mol. The van der Waals surface area contributed by atoms with Crippen LogP contribution < -0.4 is 20.3 Å². The van der Waals surface area contributed by atoms with Crippen molar-refractivity contribution >= 4 is 5.91 Å². The Morgan fingerprint density at radius 3 is 2.92 bits per heavy atom. The van der Waals surface area contributed by atoms with E-state index in [2.05, 4.69) is 5.32 Å². The summed E-state index contributed by atoms with van der Waals surface area (Å²) in [4.78, 5) is 23.6. The lowest BCUT2D eigenvalue weighted by Gasteiger charge is -2.18. The molecule has 6 nitrogen and oxygen atoms in total. The number of nitrogens with zero attached hydrogens (tertiary/aromatic N) is 1. The van der Waals surface area contributed by atoms with Gasteiger partial charge in [-0.1, -0.05) is 12.1 Å². The monoisotopic (exact) mass is 342 g/mol. The molecule has 1 amide bonds. The quantitative estimate of drug-likeness (QED) is 0.843. The Kier molecular flexibility index (Phi) is 4.53. The lowest BCUT2D eigenvalue weighted by Crippen LogP contribution is -2.29. The fourth-order valence-electron chi connectivity index (χ4n) is 2.82. The maximum absolute atomic E-state index is 12.1. The van der Waals surface area contributed by atoms with Crippen molar-refractivity contribution in [2.45, 2.75) is 25.9 Å². The minimum absolute atomic E-state index is 0.219. The van der Waals surface area contributed by atoms with E-state index in [0.29, 0.717) is 24.5 Å². The van der Waals surface area contributed by atoms with Gasteiger partial charge in [-0.25, -0.2) is 0 Å². The van der Waals surface area contributed by atoms with E-state index in [1.54, 1.807) is 19.3 Å². The van der Waals surface area contributed by atoms with Gasteiger partial charge < -0.3 is 19.4 Å². The fraction of sp³-hybridized carbons (Fsp3) is 0.368. The molecule has 0 spiro atoms. The molecule has 0 fully saturated rings. The third-order valence-electron chi connectivity index (χ3n) is 4.07. The van der Waals surface area contributed by atoms with Gasteiger partial charge in [0.15, 0.2) is 11.5 Å². The van der Waals surface area contributed by atoms with Crippen LogP contribution >= 0.6 is 0 Å². The number of para-hydroxylation sites is 1. The normalized spacial score (nSPS) is 14.5. The number of carbonyl (C=O) groups excluding carboxylic acids is 1. The molecule has 6 heteroatoms. The summed E-state index contributed by atoms with van der Waals surface area (Å²) in [5, 5.41) is 2.75. The molecule has 132 valence electrons. The van der Waals surface area contributed by atoms with Gasteiger partial charge in [-0.2, -0.15) is 0 Å². The average molecular weight is 342 g/mol. The molecule has 2 heterocycles. The molecule has 25 heavy (non-hydrogen) atoms. The smallest absolute Gasteiger partial charge is 0.251 e. The number of aryl methyl sites for hydroxylation is 1. The highest BCUT2D eigenvalue weighted by molar-refractivity contribution is 5.93. The van der Waals surface area contributed by atoms with E-state index < -0.39 is 0 Å². The van der Waals surface area contributed by atoms with Crippen LogP contribution in [0.4, 0.5) is 0 Å². The zero-order valence-electron chi connectivity index (χ0n) is 14.7. The Bertz CT molecular complexity index is 855. The predicted molar refractivity (Wildman–Crippen MR) is 94.4 cm³/mol. The summed E-state index contributed by atoms with van der Waals surface area (Å²) in [5.74, 6) is 1.17. The summed E-state index contributed by atoms with van der Waals surface area (Å²) in [6, 6.07) is 8.77. The van der Waals surface area contributed by atoms with Crippen molar-refractivity contribution in [3.63, 3.8) is 0 Å². The van der Waals surface area contributed by atoms with Crippen molar-refractivity contribution in [1.29, 1.82) is 0 Å². The molecule has 1 aromatic carbocycles. The van der Waals surface area contributed by atoms with Crippen molar-refractivity contribution < 1.29 is 14.3 Å². The SMILES string of the molecule is Cn1ccc(C(=O)NCCOc2cccc3c2OC(C)(C)C3)cc1=O. The maximum atomic E-state index is 12.1. The summed E-state index contributed by atoms with van der Waals surface area (Å²) >= 11 is 0. The highest BCUT2D eigenvalue weighted by Gasteiger charge is 2.32. The molecule has 3 rings (SSSR count). The standard InChI is InChI=1S/C19H22N2O4/c1-19(2)12-14-5-4-6-15(17(14)25-19)24-10-8-20-18(23)13-7-9-21(3)16(22)11-13/h4-7,9,11H,8,10,12H2,1-3H3,(H,20,23). The van der Waals surface area contributed by atoms with Gasteiger partial charge in [0, 0.05) is 36.9 Å². The molecule has 0 saturated heterocycles. The number of carbonyl (C=O) groups is 1. The van der Waals surface area contributed by atoms with E-state index in [9.17, 15) is 9.59 Å². The van der Waals surface area contributed by atoms with Gasteiger partial charge in [-0.3, -0.25) is 9.59 Å².